The molecule has 0 radical (unpaired) electrons. The van der Waals surface area contributed by atoms with Gasteiger partial charge in [-0.15, -0.1) is 11.3 Å². The van der Waals surface area contributed by atoms with Crippen LogP contribution in [0.25, 0.3) is 86.2 Å². The van der Waals surface area contributed by atoms with Crippen LogP contribution in [0.4, 0.5) is 17.1 Å². The Morgan fingerprint density at radius 2 is 0.800 bits per heavy atom. The molecule has 0 bridgehead atoms. The Balaban J connectivity index is 0.936. The van der Waals surface area contributed by atoms with E-state index in [1.54, 1.807) is 0 Å². The largest absolute Gasteiger partial charge is 0.310 e. The van der Waals surface area contributed by atoms with Crippen LogP contribution >= 0.6 is 11.3 Å². The van der Waals surface area contributed by atoms with E-state index in [-0.39, 0.29) is 0 Å². The Bertz CT molecular complexity index is 3830. The highest BCUT2D eigenvalue weighted by atomic mass is 32.1. The summed E-state index contributed by atoms with van der Waals surface area (Å²) in [6, 6.07) is 88.3. The Labute approximate surface area is 381 Å². The van der Waals surface area contributed by atoms with E-state index < -0.39 is 5.41 Å². The highest BCUT2D eigenvalue weighted by molar-refractivity contribution is 7.26. The molecule has 0 N–H and O–H groups in total. The van der Waals surface area contributed by atoms with Crippen molar-refractivity contribution in [2.75, 3.05) is 4.90 Å². The van der Waals surface area contributed by atoms with Gasteiger partial charge in [-0.2, -0.15) is 0 Å². The van der Waals surface area contributed by atoms with Gasteiger partial charge in [0.2, 0.25) is 0 Å². The van der Waals surface area contributed by atoms with Gasteiger partial charge in [0.1, 0.15) is 0 Å². The van der Waals surface area contributed by atoms with Crippen LogP contribution in [-0.4, -0.2) is 0 Å². The molecular formula is C63H39NS. The number of fused-ring (bicyclic) bond motifs is 16. The molecule has 11 aromatic carbocycles. The molecule has 0 saturated heterocycles. The number of thiophene rings is 1. The third kappa shape index (κ3) is 5.26. The van der Waals surface area contributed by atoms with E-state index in [1.165, 1.54) is 108 Å². The van der Waals surface area contributed by atoms with Crippen molar-refractivity contribution < 1.29 is 0 Å². The Morgan fingerprint density at radius 1 is 0.292 bits per heavy atom. The molecule has 0 amide bonds. The second kappa shape index (κ2) is 14.0. The minimum Gasteiger partial charge on any atom is -0.310 e. The van der Waals surface area contributed by atoms with Crippen molar-refractivity contribution in [1.29, 1.82) is 0 Å². The van der Waals surface area contributed by atoms with Gasteiger partial charge in [-0.25, -0.2) is 0 Å². The molecule has 2 aliphatic carbocycles. The lowest BCUT2D eigenvalue weighted by Gasteiger charge is -2.32. The van der Waals surface area contributed by atoms with Gasteiger partial charge in [0.05, 0.1) is 5.41 Å². The number of anilines is 3. The number of hydrogen-bond acceptors (Lipinski definition) is 2. The SMILES string of the molecule is c1ccc2c(c1)-c1ccccc1C21c2ccccc2-c2ccc(N(c3ccc(-c4ccc5c(ccc6ccccc65)c4)cc3)c3ccc(-c4cccc5c4sc4ccccc45)cc3)cc21. The maximum Gasteiger partial charge on any atom is 0.0726 e. The van der Waals surface area contributed by atoms with Gasteiger partial charge >= 0.3 is 0 Å². The van der Waals surface area contributed by atoms with Gasteiger partial charge in [-0.05, 0) is 137 Å². The van der Waals surface area contributed by atoms with E-state index in [2.05, 4.69) is 241 Å². The molecule has 1 spiro atoms. The van der Waals surface area contributed by atoms with Gasteiger partial charge < -0.3 is 4.90 Å². The molecule has 14 rings (SSSR count). The Morgan fingerprint density at radius 3 is 1.51 bits per heavy atom. The normalized spacial score (nSPS) is 13.0. The van der Waals surface area contributed by atoms with Crippen LogP contribution in [0.2, 0.25) is 0 Å². The fourth-order valence-electron chi connectivity index (χ4n) is 11.4. The second-order valence-electron chi connectivity index (χ2n) is 17.5. The highest BCUT2D eigenvalue weighted by Crippen LogP contribution is 2.63. The van der Waals surface area contributed by atoms with Gasteiger partial charge in [0, 0.05) is 37.2 Å². The molecule has 1 nitrogen and oxygen atoms in total. The van der Waals surface area contributed by atoms with Crippen molar-refractivity contribution in [1.82, 2.24) is 0 Å². The first-order valence-electron chi connectivity index (χ1n) is 22.5. The lowest BCUT2D eigenvalue weighted by Crippen LogP contribution is -2.26. The summed E-state index contributed by atoms with van der Waals surface area (Å²) in [6.07, 6.45) is 0. The zero-order valence-electron chi connectivity index (χ0n) is 35.4. The molecule has 0 fully saturated rings. The topological polar surface area (TPSA) is 3.24 Å². The smallest absolute Gasteiger partial charge is 0.0726 e. The number of rotatable bonds is 5. The third-order valence-electron chi connectivity index (χ3n) is 14.3. The van der Waals surface area contributed by atoms with Crippen molar-refractivity contribution in [2.45, 2.75) is 5.41 Å². The average molecular weight is 842 g/mol. The minimum absolute atomic E-state index is 0.432. The molecule has 1 heterocycles. The summed E-state index contributed by atoms with van der Waals surface area (Å²) in [5.41, 5.74) is 18.4. The molecular weight excluding hydrogens is 803 g/mol. The summed E-state index contributed by atoms with van der Waals surface area (Å²) in [5, 5.41) is 7.73. The lowest BCUT2D eigenvalue weighted by molar-refractivity contribution is 0.793. The van der Waals surface area contributed by atoms with Crippen LogP contribution < -0.4 is 4.90 Å². The molecule has 302 valence electrons. The fourth-order valence-corrected chi connectivity index (χ4v) is 12.7. The van der Waals surface area contributed by atoms with Crippen LogP contribution in [0.15, 0.2) is 237 Å². The van der Waals surface area contributed by atoms with Crippen LogP contribution in [-0.2, 0) is 5.41 Å². The van der Waals surface area contributed by atoms with Gasteiger partial charge in [-0.3, -0.25) is 0 Å². The second-order valence-corrected chi connectivity index (χ2v) is 18.6. The predicted octanol–water partition coefficient (Wildman–Crippen LogP) is 17.5. The molecule has 12 aromatic rings. The van der Waals surface area contributed by atoms with E-state index in [0.29, 0.717) is 0 Å². The molecule has 2 heteroatoms. The quantitative estimate of drug-likeness (QED) is 0.156. The monoisotopic (exact) mass is 841 g/mol. The first kappa shape index (κ1) is 36.4. The molecule has 1 aromatic heterocycles. The minimum atomic E-state index is -0.432. The fraction of sp³-hybridized carbons (Fsp3) is 0.0159. The van der Waals surface area contributed by atoms with Crippen LogP contribution in [0, 0.1) is 0 Å². The Hall–Kier alpha value is -8.04. The van der Waals surface area contributed by atoms with Crippen molar-refractivity contribution in [3.63, 3.8) is 0 Å². The Kier molecular flexibility index (Phi) is 7.84. The van der Waals surface area contributed by atoms with Gasteiger partial charge in [0.25, 0.3) is 0 Å². The average Bonchev–Trinajstić information content (AvgIpc) is 4.01. The number of nitrogens with zero attached hydrogens (tertiary/aromatic N) is 1. The zero-order valence-corrected chi connectivity index (χ0v) is 36.2. The lowest BCUT2D eigenvalue weighted by atomic mass is 9.70. The predicted molar refractivity (Wildman–Crippen MR) is 276 cm³/mol. The first-order valence-corrected chi connectivity index (χ1v) is 23.3. The van der Waals surface area contributed by atoms with E-state index in [1.807, 2.05) is 11.3 Å². The highest BCUT2D eigenvalue weighted by Gasteiger charge is 2.51. The van der Waals surface area contributed by atoms with Crippen molar-refractivity contribution in [3.05, 3.63) is 259 Å². The van der Waals surface area contributed by atoms with E-state index >= 15 is 0 Å². The summed E-state index contributed by atoms with van der Waals surface area (Å²) in [7, 11) is 0. The van der Waals surface area contributed by atoms with Crippen molar-refractivity contribution in [3.8, 4) is 44.5 Å². The summed E-state index contributed by atoms with van der Waals surface area (Å²) in [6.45, 7) is 0. The standard InChI is InChI=1S/C63H39NS/c1-2-13-48-41(12-1)24-25-44-38-43(30-36-49(44)48)40-26-31-45(32-27-40)64(46-33-28-42(29-34-46)50-18-11-19-56-55-17-6-10-23-61(55)65-62(50)56)47-35-37-54-53-16-5-9-22-59(53)63(60(54)39-47)57-20-7-3-14-51(57)52-15-4-8-21-58(52)63/h1-39H. The summed E-state index contributed by atoms with van der Waals surface area (Å²) in [5.74, 6) is 0. The van der Waals surface area contributed by atoms with Gasteiger partial charge in [-0.1, -0.05) is 188 Å². The molecule has 65 heavy (non-hydrogen) atoms. The van der Waals surface area contributed by atoms with E-state index in [9.17, 15) is 0 Å². The van der Waals surface area contributed by atoms with Crippen molar-refractivity contribution >= 4 is 70.1 Å². The van der Waals surface area contributed by atoms with Crippen molar-refractivity contribution in [2.24, 2.45) is 0 Å². The molecule has 0 saturated carbocycles. The molecule has 2 aliphatic rings. The van der Waals surface area contributed by atoms with E-state index in [0.717, 1.165) is 17.1 Å². The number of hydrogen-bond donors (Lipinski definition) is 0. The van der Waals surface area contributed by atoms with E-state index in [4.69, 9.17) is 0 Å². The molecule has 0 unspecified atom stereocenters. The number of benzene rings is 11. The third-order valence-corrected chi connectivity index (χ3v) is 15.5. The van der Waals surface area contributed by atoms with Crippen LogP contribution in [0.5, 0.6) is 0 Å². The van der Waals surface area contributed by atoms with Crippen LogP contribution in [0.1, 0.15) is 22.3 Å². The molecule has 0 atom stereocenters. The summed E-state index contributed by atoms with van der Waals surface area (Å²) in [4.78, 5) is 2.45. The molecule has 0 aliphatic heterocycles. The summed E-state index contributed by atoms with van der Waals surface area (Å²) < 4.78 is 2.65. The maximum absolute atomic E-state index is 2.49. The van der Waals surface area contributed by atoms with Gasteiger partial charge in [0.15, 0.2) is 0 Å². The van der Waals surface area contributed by atoms with Crippen LogP contribution in [0.3, 0.4) is 0 Å². The zero-order chi connectivity index (χ0) is 42.6. The maximum atomic E-state index is 2.49. The summed E-state index contributed by atoms with van der Waals surface area (Å²) >= 11 is 1.88. The first-order chi connectivity index (χ1) is 32.2.